The summed E-state index contributed by atoms with van der Waals surface area (Å²) in [5, 5.41) is 14.0. The van der Waals surface area contributed by atoms with Crippen LogP contribution < -0.4 is 5.43 Å². The molecular formula is C13H16N2O2. The number of aliphatic hydroxyl groups excluding tert-OH is 1. The summed E-state index contributed by atoms with van der Waals surface area (Å²) in [5.41, 5.74) is 0.804. The van der Waals surface area contributed by atoms with Crippen molar-refractivity contribution in [2.45, 2.75) is 32.4 Å². The van der Waals surface area contributed by atoms with Gasteiger partial charge in [-0.05, 0) is 31.9 Å². The SMILES string of the molecule is CC(O)CCCn1ncc(=O)c2ccccc21. The maximum atomic E-state index is 11.6. The average molecular weight is 232 g/mol. The van der Waals surface area contributed by atoms with E-state index in [-0.39, 0.29) is 11.5 Å². The number of fused-ring (bicyclic) bond motifs is 1. The van der Waals surface area contributed by atoms with Crippen LogP contribution in [0.15, 0.2) is 35.3 Å². The molecule has 0 aliphatic rings. The molecule has 0 aliphatic heterocycles. The molecule has 0 amide bonds. The minimum Gasteiger partial charge on any atom is -0.393 e. The van der Waals surface area contributed by atoms with E-state index in [1.54, 1.807) is 6.92 Å². The zero-order valence-corrected chi connectivity index (χ0v) is 9.84. The zero-order valence-electron chi connectivity index (χ0n) is 9.84. The Morgan fingerprint density at radius 2 is 2.18 bits per heavy atom. The summed E-state index contributed by atoms with van der Waals surface area (Å²) in [4.78, 5) is 11.6. The van der Waals surface area contributed by atoms with Gasteiger partial charge in [0, 0.05) is 11.9 Å². The van der Waals surface area contributed by atoms with Gasteiger partial charge in [-0.15, -0.1) is 0 Å². The Bertz CT molecular complexity index is 561. The number of benzene rings is 1. The highest BCUT2D eigenvalue weighted by Crippen LogP contribution is 2.09. The van der Waals surface area contributed by atoms with Crippen molar-refractivity contribution in [3.8, 4) is 0 Å². The molecule has 2 aromatic rings. The van der Waals surface area contributed by atoms with Crippen molar-refractivity contribution < 1.29 is 5.11 Å². The molecule has 2 rings (SSSR count). The molecule has 90 valence electrons. The second-order valence-electron chi connectivity index (χ2n) is 4.24. The largest absolute Gasteiger partial charge is 0.393 e. The third-order valence-corrected chi connectivity index (χ3v) is 2.75. The van der Waals surface area contributed by atoms with Crippen molar-refractivity contribution in [3.05, 3.63) is 40.7 Å². The molecule has 1 atom stereocenters. The molecule has 0 saturated heterocycles. The Kier molecular flexibility index (Phi) is 3.54. The molecule has 4 heteroatoms. The molecule has 0 radical (unpaired) electrons. The number of hydrogen-bond donors (Lipinski definition) is 1. The van der Waals surface area contributed by atoms with Crippen LogP contribution in [0.3, 0.4) is 0 Å². The van der Waals surface area contributed by atoms with Gasteiger partial charge >= 0.3 is 0 Å². The van der Waals surface area contributed by atoms with Crippen LogP contribution >= 0.6 is 0 Å². The summed E-state index contributed by atoms with van der Waals surface area (Å²) in [7, 11) is 0. The van der Waals surface area contributed by atoms with Crippen LogP contribution in [0.1, 0.15) is 19.8 Å². The number of hydrogen-bond acceptors (Lipinski definition) is 3. The first-order chi connectivity index (χ1) is 8.18. The third kappa shape index (κ3) is 2.71. The summed E-state index contributed by atoms with van der Waals surface area (Å²) in [6.07, 6.45) is 2.64. The van der Waals surface area contributed by atoms with Crippen LogP contribution in [0.4, 0.5) is 0 Å². The second-order valence-corrected chi connectivity index (χ2v) is 4.24. The Labute approximate surface area is 99.5 Å². The van der Waals surface area contributed by atoms with E-state index >= 15 is 0 Å². The van der Waals surface area contributed by atoms with Gasteiger partial charge in [-0.25, -0.2) is 0 Å². The fourth-order valence-corrected chi connectivity index (χ4v) is 1.88. The Morgan fingerprint density at radius 1 is 1.41 bits per heavy atom. The fraction of sp³-hybridized carbons (Fsp3) is 0.385. The molecule has 0 bridgehead atoms. The van der Waals surface area contributed by atoms with Gasteiger partial charge in [0.25, 0.3) is 0 Å². The van der Waals surface area contributed by atoms with Crippen LogP contribution in [-0.2, 0) is 6.54 Å². The molecule has 1 heterocycles. The molecule has 0 saturated carbocycles. The van der Waals surface area contributed by atoms with Gasteiger partial charge in [0.1, 0.15) is 0 Å². The molecule has 0 fully saturated rings. The molecule has 0 spiro atoms. The van der Waals surface area contributed by atoms with E-state index in [9.17, 15) is 9.90 Å². The molecule has 1 N–H and O–H groups in total. The number of rotatable bonds is 4. The quantitative estimate of drug-likeness (QED) is 0.870. The van der Waals surface area contributed by atoms with Crippen LogP contribution in [0.5, 0.6) is 0 Å². The lowest BCUT2D eigenvalue weighted by atomic mass is 10.2. The summed E-state index contributed by atoms with van der Waals surface area (Å²) in [6.45, 7) is 2.49. The van der Waals surface area contributed by atoms with E-state index < -0.39 is 0 Å². The van der Waals surface area contributed by atoms with Crippen molar-refractivity contribution in [2.24, 2.45) is 0 Å². The van der Waals surface area contributed by atoms with E-state index in [1.807, 2.05) is 28.9 Å². The van der Waals surface area contributed by atoms with Crippen molar-refractivity contribution in [1.82, 2.24) is 9.78 Å². The van der Waals surface area contributed by atoms with Gasteiger partial charge in [-0.2, -0.15) is 5.10 Å². The summed E-state index contributed by atoms with van der Waals surface area (Å²) < 4.78 is 1.82. The molecule has 0 aliphatic carbocycles. The van der Waals surface area contributed by atoms with E-state index in [4.69, 9.17) is 0 Å². The van der Waals surface area contributed by atoms with Gasteiger partial charge < -0.3 is 5.11 Å². The second kappa shape index (κ2) is 5.10. The predicted molar refractivity (Wildman–Crippen MR) is 66.9 cm³/mol. The molecular weight excluding hydrogens is 216 g/mol. The molecule has 1 aromatic carbocycles. The highest BCUT2D eigenvalue weighted by atomic mass is 16.3. The first-order valence-corrected chi connectivity index (χ1v) is 5.81. The number of aliphatic hydroxyl groups is 1. The number of aryl methyl sites for hydroxylation is 1. The highest BCUT2D eigenvalue weighted by Gasteiger charge is 2.03. The van der Waals surface area contributed by atoms with E-state index in [1.165, 1.54) is 6.20 Å². The average Bonchev–Trinajstić information content (AvgIpc) is 2.32. The fourth-order valence-electron chi connectivity index (χ4n) is 1.88. The normalized spacial score (nSPS) is 12.8. The lowest BCUT2D eigenvalue weighted by molar-refractivity contribution is 0.179. The Morgan fingerprint density at radius 3 is 2.94 bits per heavy atom. The van der Waals surface area contributed by atoms with Crippen molar-refractivity contribution >= 4 is 10.9 Å². The van der Waals surface area contributed by atoms with Crippen molar-refractivity contribution in [3.63, 3.8) is 0 Å². The summed E-state index contributed by atoms with van der Waals surface area (Å²) in [5.74, 6) is 0. The summed E-state index contributed by atoms with van der Waals surface area (Å²) >= 11 is 0. The van der Waals surface area contributed by atoms with Crippen LogP contribution in [0, 0.1) is 0 Å². The minimum atomic E-state index is -0.291. The van der Waals surface area contributed by atoms with Gasteiger partial charge in [0.2, 0.25) is 5.43 Å². The third-order valence-electron chi connectivity index (χ3n) is 2.75. The highest BCUT2D eigenvalue weighted by molar-refractivity contribution is 5.77. The van der Waals surface area contributed by atoms with Crippen LogP contribution in [0.2, 0.25) is 0 Å². The van der Waals surface area contributed by atoms with Crippen molar-refractivity contribution in [1.29, 1.82) is 0 Å². The van der Waals surface area contributed by atoms with Gasteiger partial charge in [-0.3, -0.25) is 9.48 Å². The van der Waals surface area contributed by atoms with Crippen LogP contribution in [-0.4, -0.2) is 21.0 Å². The summed E-state index contributed by atoms with van der Waals surface area (Å²) in [6, 6.07) is 7.45. The monoisotopic (exact) mass is 232 g/mol. The minimum absolute atomic E-state index is 0.0487. The van der Waals surface area contributed by atoms with Crippen molar-refractivity contribution in [2.75, 3.05) is 0 Å². The number of para-hydroxylation sites is 1. The van der Waals surface area contributed by atoms with Gasteiger partial charge in [-0.1, -0.05) is 12.1 Å². The Balaban J connectivity index is 2.29. The number of aromatic nitrogens is 2. The number of nitrogens with zero attached hydrogens (tertiary/aromatic N) is 2. The van der Waals surface area contributed by atoms with Gasteiger partial charge in [0.05, 0.1) is 17.8 Å². The zero-order chi connectivity index (χ0) is 12.3. The van der Waals surface area contributed by atoms with E-state index in [0.717, 1.165) is 18.4 Å². The molecule has 4 nitrogen and oxygen atoms in total. The smallest absolute Gasteiger partial charge is 0.207 e. The maximum Gasteiger partial charge on any atom is 0.207 e. The first-order valence-electron chi connectivity index (χ1n) is 5.81. The van der Waals surface area contributed by atoms with Gasteiger partial charge in [0.15, 0.2) is 0 Å². The predicted octanol–water partition coefficient (Wildman–Crippen LogP) is 1.56. The Hall–Kier alpha value is -1.68. The first kappa shape index (κ1) is 11.8. The molecule has 17 heavy (non-hydrogen) atoms. The van der Waals surface area contributed by atoms with E-state index in [0.29, 0.717) is 11.9 Å². The lowest BCUT2D eigenvalue weighted by Crippen LogP contribution is -2.13. The van der Waals surface area contributed by atoms with E-state index in [2.05, 4.69) is 5.10 Å². The molecule has 1 unspecified atom stereocenters. The lowest BCUT2D eigenvalue weighted by Gasteiger charge is -2.09. The van der Waals surface area contributed by atoms with Crippen LogP contribution in [0.25, 0.3) is 10.9 Å². The maximum absolute atomic E-state index is 11.6. The topological polar surface area (TPSA) is 55.1 Å². The molecule has 1 aromatic heterocycles. The standard InChI is InChI=1S/C13H16N2O2/c1-10(16)5-4-8-15-12-7-3-2-6-11(12)13(17)9-14-15/h2-3,6-7,9-10,16H,4-5,8H2,1H3.